The Labute approximate surface area is 104 Å². The molecule has 0 saturated heterocycles. The predicted octanol–water partition coefficient (Wildman–Crippen LogP) is 1.93. The molecule has 0 bridgehead atoms. The van der Waals surface area contributed by atoms with Crippen molar-refractivity contribution < 1.29 is 9.53 Å². The summed E-state index contributed by atoms with van der Waals surface area (Å²) in [6.45, 7) is 0.531. The maximum Gasteiger partial charge on any atom is 0.230 e. The first kappa shape index (κ1) is 11.7. The molecule has 1 aliphatic heterocycles. The van der Waals surface area contributed by atoms with Crippen molar-refractivity contribution in [2.24, 2.45) is 0 Å². The van der Waals surface area contributed by atoms with Crippen molar-refractivity contribution in [3.63, 3.8) is 0 Å². The molecule has 1 aromatic rings. The van der Waals surface area contributed by atoms with E-state index < -0.39 is 5.38 Å². The summed E-state index contributed by atoms with van der Waals surface area (Å²) in [6, 6.07) is 9.17. The third-order valence-corrected chi connectivity index (χ3v) is 2.75. The second-order valence-electron chi connectivity index (χ2n) is 3.67. The Balaban J connectivity index is 2.34. The van der Waals surface area contributed by atoms with E-state index in [1.165, 1.54) is 4.90 Å². The zero-order valence-corrected chi connectivity index (χ0v) is 9.85. The lowest BCUT2D eigenvalue weighted by atomic mass is 10.2. The van der Waals surface area contributed by atoms with E-state index in [2.05, 4.69) is 0 Å². The molecular formula is C12H11ClN2O2. The number of hydrogen-bond acceptors (Lipinski definition) is 3. The van der Waals surface area contributed by atoms with E-state index in [1.807, 2.05) is 18.2 Å². The fourth-order valence-electron chi connectivity index (χ4n) is 1.72. The van der Waals surface area contributed by atoms with Crippen LogP contribution in [-0.4, -0.2) is 24.4 Å². The van der Waals surface area contributed by atoms with E-state index in [4.69, 9.17) is 21.6 Å². The summed E-state index contributed by atoms with van der Waals surface area (Å²) in [6.07, 6.45) is 0.295. The van der Waals surface area contributed by atoms with Crippen molar-refractivity contribution in [2.45, 2.75) is 11.8 Å². The Kier molecular flexibility index (Phi) is 3.50. The Morgan fingerprint density at radius 3 is 3.06 bits per heavy atom. The Bertz CT molecular complexity index is 470. The standard InChI is InChI=1S/C12H11ClN2O2/c13-9(7-14)8-15-10-3-1-2-4-11(10)17-6-5-12(15)16/h1-4,9H,5-6,8H2. The minimum Gasteiger partial charge on any atom is -0.491 e. The lowest BCUT2D eigenvalue weighted by Crippen LogP contribution is -2.35. The fraction of sp³-hybridized carbons (Fsp3) is 0.333. The van der Waals surface area contributed by atoms with Crippen LogP contribution in [0.2, 0.25) is 0 Å². The quantitative estimate of drug-likeness (QED) is 0.754. The summed E-state index contributed by atoms with van der Waals surface area (Å²) in [5, 5.41) is 8.00. The van der Waals surface area contributed by atoms with Gasteiger partial charge in [-0.25, -0.2) is 0 Å². The molecule has 17 heavy (non-hydrogen) atoms. The highest BCUT2D eigenvalue weighted by Crippen LogP contribution is 2.31. The topological polar surface area (TPSA) is 53.3 Å². The summed E-state index contributed by atoms with van der Waals surface area (Å²) < 4.78 is 5.48. The van der Waals surface area contributed by atoms with Crippen molar-refractivity contribution in [3.05, 3.63) is 24.3 Å². The van der Waals surface area contributed by atoms with Gasteiger partial charge in [0.15, 0.2) is 0 Å². The number of rotatable bonds is 2. The van der Waals surface area contributed by atoms with Gasteiger partial charge in [0, 0.05) is 0 Å². The van der Waals surface area contributed by atoms with E-state index in [1.54, 1.807) is 12.1 Å². The van der Waals surface area contributed by atoms with Crippen LogP contribution in [-0.2, 0) is 4.79 Å². The number of carbonyl (C=O) groups excluding carboxylic acids is 1. The first-order valence-electron chi connectivity index (χ1n) is 5.28. The minimum absolute atomic E-state index is 0.0733. The summed E-state index contributed by atoms with van der Waals surface area (Å²) >= 11 is 5.79. The molecule has 0 N–H and O–H groups in total. The van der Waals surface area contributed by atoms with Gasteiger partial charge in [-0.2, -0.15) is 5.26 Å². The molecule has 88 valence electrons. The smallest absolute Gasteiger partial charge is 0.230 e. The van der Waals surface area contributed by atoms with Gasteiger partial charge in [-0.15, -0.1) is 11.6 Å². The summed E-state index contributed by atoms with van der Waals surface area (Å²) in [7, 11) is 0. The van der Waals surface area contributed by atoms with Crippen LogP contribution in [0.5, 0.6) is 5.75 Å². The van der Waals surface area contributed by atoms with Crippen LogP contribution in [0.1, 0.15) is 6.42 Å². The van der Waals surface area contributed by atoms with Crippen LogP contribution < -0.4 is 9.64 Å². The van der Waals surface area contributed by atoms with Crippen LogP contribution >= 0.6 is 11.6 Å². The average Bonchev–Trinajstić information content (AvgIpc) is 2.50. The fourth-order valence-corrected chi connectivity index (χ4v) is 1.86. The number of carbonyl (C=O) groups is 1. The van der Waals surface area contributed by atoms with Crippen LogP contribution in [0.15, 0.2) is 24.3 Å². The van der Waals surface area contributed by atoms with Crippen molar-refractivity contribution in [1.29, 1.82) is 5.26 Å². The molecule has 0 aromatic heterocycles. The molecule has 1 aliphatic rings. The van der Waals surface area contributed by atoms with Gasteiger partial charge >= 0.3 is 0 Å². The molecule has 1 amide bonds. The number of halogens is 1. The van der Waals surface area contributed by atoms with Crippen molar-refractivity contribution in [2.75, 3.05) is 18.1 Å². The molecule has 0 saturated carbocycles. The number of nitrogens with zero attached hydrogens (tertiary/aromatic N) is 2. The number of alkyl halides is 1. The second-order valence-corrected chi connectivity index (χ2v) is 4.19. The number of nitriles is 1. The summed E-state index contributed by atoms with van der Waals surface area (Å²) in [5.41, 5.74) is 0.677. The normalized spacial score (nSPS) is 16.5. The predicted molar refractivity (Wildman–Crippen MR) is 64.2 cm³/mol. The van der Waals surface area contributed by atoms with E-state index in [9.17, 15) is 4.79 Å². The largest absolute Gasteiger partial charge is 0.491 e. The van der Waals surface area contributed by atoms with Crippen LogP contribution in [0, 0.1) is 11.3 Å². The molecule has 2 rings (SSSR count). The van der Waals surface area contributed by atoms with Crippen LogP contribution in [0.3, 0.4) is 0 Å². The highest BCUT2D eigenvalue weighted by molar-refractivity contribution is 6.23. The Morgan fingerprint density at radius 2 is 2.29 bits per heavy atom. The van der Waals surface area contributed by atoms with Gasteiger partial charge in [-0.1, -0.05) is 12.1 Å². The van der Waals surface area contributed by atoms with Gasteiger partial charge in [0.05, 0.1) is 31.3 Å². The SMILES string of the molecule is N#CC(Cl)CN1C(=O)CCOc2ccccc21. The first-order chi connectivity index (χ1) is 8.22. The summed E-state index contributed by atoms with van der Waals surface area (Å²) in [5.74, 6) is 0.580. The lowest BCUT2D eigenvalue weighted by molar-refractivity contribution is -0.118. The number of para-hydroxylation sites is 2. The van der Waals surface area contributed by atoms with Crippen molar-refractivity contribution in [3.8, 4) is 11.8 Å². The number of amides is 1. The first-order valence-corrected chi connectivity index (χ1v) is 5.72. The van der Waals surface area contributed by atoms with Gasteiger partial charge in [-0.3, -0.25) is 4.79 Å². The molecule has 0 aliphatic carbocycles. The number of anilines is 1. The molecule has 1 atom stereocenters. The number of hydrogen-bond donors (Lipinski definition) is 0. The van der Waals surface area contributed by atoms with E-state index in [0.717, 1.165) is 0 Å². The van der Waals surface area contributed by atoms with Crippen molar-refractivity contribution >= 4 is 23.2 Å². The number of ether oxygens (including phenoxy) is 1. The highest BCUT2D eigenvalue weighted by atomic mass is 35.5. The highest BCUT2D eigenvalue weighted by Gasteiger charge is 2.24. The van der Waals surface area contributed by atoms with Gasteiger partial charge in [-0.05, 0) is 12.1 Å². The molecule has 4 nitrogen and oxygen atoms in total. The van der Waals surface area contributed by atoms with E-state index in [-0.39, 0.29) is 12.5 Å². The van der Waals surface area contributed by atoms with Gasteiger partial charge < -0.3 is 9.64 Å². The molecular weight excluding hydrogens is 240 g/mol. The van der Waals surface area contributed by atoms with E-state index in [0.29, 0.717) is 24.5 Å². The average molecular weight is 251 g/mol. The maximum atomic E-state index is 11.9. The maximum absolute atomic E-state index is 11.9. The Morgan fingerprint density at radius 1 is 1.53 bits per heavy atom. The third kappa shape index (κ3) is 2.51. The zero-order valence-electron chi connectivity index (χ0n) is 9.10. The molecule has 1 heterocycles. The lowest BCUT2D eigenvalue weighted by Gasteiger charge is -2.21. The molecule has 1 aromatic carbocycles. The van der Waals surface area contributed by atoms with Crippen LogP contribution in [0.4, 0.5) is 5.69 Å². The monoisotopic (exact) mass is 250 g/mol. The molecule has 1 unspecified atom stereocenters. The minimum atomic E-state index is -0.717. The van der Waals surface area contributed by atoms with Gasteiger partial charge in [0.25, 0.3) is 0 Å². The van der Waals surface area contributed by atoms with Crippen molar-refractivity contribution in [1.82, 2.24) is 0 Å². The molecule has 0 fully saturated rings. The summed E-state index contributed by atoms with van der Waals surface area (Å²) in [4.78, 5) is 13.4. The zero-order chi connectivity index (χ0) is 12.3. The van der Waals surface area contributed by atoms with Crippen LogP contribution in [0.25, 0.3) is 0 Å². The van der Waals surface area contributed by atoms with Gasteiger partial charge in [0.2, 0.25) is 5.91 Å². The second kappa shape index (κ2) is 5.07. The van der Waals surface area contributed by atoms with Gasteiger partial charge in [0.1, 0.15) is 11.1 Å². The number of fused-ring (bicyclic) bond motifs is 1. The Hall–Kier alpha value is -1.73. The number of benzene rings is 1. The molecule has 5 heteroatoms. The third-order valence-electron chi connectivity index (χ3n) is 2.51. The van der Waals surface area contributed by atoms with E-state index >= 15 is 0 Å². The molecule has 0 radical (unpaired) electrons. The molecule has 0 spiro atoms.